The quantitative estimate of drug-likeness (QED) is 0.510. The number of carbonyl (C=O) groups is 1. The van der Waals surface area contributed by atoms with Crippen molar-refractivity contribution in [1.82, 2.24) is 5.32 Å². The van der Waals surface area contributed by atoms with Crippen molar-refractivity contribution in [2.75, 3.05) is 18.4 Å². The monoisotopic (exact) mass is 454 g/mol. The zero-order valence-corrected chi connectivity index (χ0v) is 19.0. The van der Waals surface area contributed by atoms with Gasteiger partial charge in [-0.1, -0.05) is 17.7 Å². The Morgan fingerprint density at radius 2 is 1.50 bits per heavy atom. The van der Waals surface area contributed by atoms with Gasteiger partial charge in [-0.15, -0.1) is 0 Å². The van der Waals surface area contributed by atoms with Gasteiger partial charge in [0.2, 0.25) is 0 Å². The molecule has 0 aliphatic heterocycles. The van der Waals surface area contributed by atoms with Crippen LogP contribution in [-0.2, 0) is 10.0 Å². The van der Waals surface area contributed by atoms with Gasteiger partial charge in [-0.25, -0.2) is 8.42 Å². The number of rotatable bonds is 9. The van der Waals surface area contributed by atoms with Crippen molar-refractivity contribution >= 4 is 21.6 Å². The minimum atomic E-state index is -3.70. The molecule has 0 bridgehead atoms. The summed E-state index contributed by atoms with van der Waals surface area (Å²) in [5.41, 5.74) is 1.76. The molecular formula is C24H26N2O5S. The Labute approximate surface area is 188 Å². The molecule has 0 spiro atoms. The fourth-order valence-electron chi connectivity index (χ4n) is 2.86. The second-order valence-corrected chi connectivity index (χ2v) is 9.04. The highest BCUT2D eigenvalue weighted by Gasteiger charge is 2.15. The van der Waals surface area contributed by atoms with Crippen LogP contribution in [0.1, 0.15) is 22.8 Å². The molecule has 0 heterocycles. The van der Waals surface area contributed by atoms with Gasteiger partial charge < -0.3 is 14.8 Å². The molecule has 0 saturated carbocycles. The van der Waals surface area contributed by atoms with E-state index in [4.69, 9.17) is 9.47 Å². The summed E-state index contributed by atoms with van der Waals surface area (Å²) in [5.74, 6) is 1.14. The lowest BCUT2D eigenvalue weighted by Crippen LogP contribution is -2.36. The van der Waals surface area contributed by atoms with Crippen molar-refractivity contribution < 1.29 is 22.7 Å². The molecule has 1 amide bonds. The zero-order chi connectivity index (χ0) is 23.1. The third kappa shape index (κ3) is 6.24. The second-order valence-electron chi connectivity index (χ2n) is 7.36. The van der Waals surface area contributed by atoms with E-state index >= 15 is 0 Å². The van der Waals surface area contributed by atoms with Crippen molar-refractivity contribution in [1.29, 1.82) is 0 Å². The van der Waals surface area contributed by atoms with Gasteiger partial charge in [-0.2, -0.15) is 0 Å². The number of ether oxygens (including phenoxy) is 2. The minimum absolute atomic E-state index is 0.176. The fraction of sp³-hybridized carbons (Fsp3) is 0.208. The number of anilines is 1. The molecule has 0 saturated heterocycles. The number of hydrogen-bond acceptors (Lipinski definition) is 5. The summed E-state index contributed by atoms with van der Waals surface area (Å²) >= 11 is 0. The first-order valence-corrected chi connectivity index (χ1v) is 11.5. The van der Waals surface area contributed by atoms with Gasteiger partial charge in [-0.05, 0) is 74.5 Å². The summed E-state index contributed by atoms with van der Waals surface area (Å²) in [5, 5.41) is 2.86. The van der Waals surface area contributed by atoms with E-state index in [1.54, 1.807) is 79.9 Å². The number of benzene rings is 3. The molecule has 0 aromatic heterocycles. The highest BCUT2D eigenvalue weighted by atomic mass is 32.2. The van der Waals surface area contributed by atoms with Gasteiger partial charge in [0.1, 0.15) is 18.1 Å². The van der Waals surface area contributed by atoms with Crippen LogP contribution in [0.25, 0.3) is 0 Å². The van der Waals surface area contributed by atoms with Gasteiger partial charge in [0, 0.05) is 11.3 Å². The molecule has 2 N–H and O–H groups in total. The second kappa shape index (κ2) is 10.2. The molecule has 8 heteroatoms. The van der Waals surface area contributed by atoms with E-state index in [0.29, 0.717) is 23.6 Å². The van der Waals surface area contributed by atoms with Crippen LogP contribution >= 0.6 is 0 Å². The largest absolute Gasteiger partial charge is 0.497 e. The van der Waals surface area contributed by atoms with Crippen LogP contribution in [0.5, 0.6) is 11.5 Å². The van der Waals surface area contributed by atoms with E-state index in [2.05, 4.69) is 10.0 Å². The number of hydrogen-bond donors (Lipinski definition) is 2. The Kier molecular flexibility index (Phi) is 7.37. The smallest absolute Gasteiger partial charge is 0.261 e. The van der Waals surface area contributed by atoms with E-state index in [9.17, 15) is 13.2 Å². The highest BCUT2D eigenvalue weighted by molar-refractivity contribution is 7.92. The van der Waals surface area contributed by atoms with Gasteiger partial charge in [0.25, 0.3) is 15.9 Å². The van der Waals surface area contributed by atoms with Crippen molar-refractivity contribution in [2.24, 2.45) is 0 Å². The molecule has 0 fully saturated rings. The molecule has 7 nitrogen and oxygen atoms in total. The van der Waals surface area contributed by atoms with E-state index in [-0.39, 0.29) is 16.8 Å². The molecule has 3 rings (SSSR count). The van der Waals surface area contributed by atoms with Gasteiger partial charge >= 0.3 is 0 Å². The van der Waals surface area contributed by atoms with E-state index in [1.165, 1.54) is 0 Å². The molecule has 0 unspecified atom stereocenters. The molecule has 0 radical (unpaired) electrons. The number of methoxy groups -OCH3 is 1. The highest BCUT2D eigenvalue weighted by Crippen LogP contribution is 2.18. The first-order valence-electron chi connectivity index (χ1n) is 10.0. The van der Waals surface area contributed by atoms with Crippen molar-refractivity contribution in [3.05, 3.63) is 83.9 Å². The molecule has 1 atom stereocenters. The van der Waals surface area contributed by atoms with Crippen LogP contribution in [0.2, 0.25) is 0 Å². The zero-order valence-electron chi connectivity index (χ0n) is 18.2. The first-order chi connectivity index (χ1) is 15.3. The summed E-state index contributed by atoms with van der Waals surface area (Å²) in [6.45, 7) is 4.03. The van der Waals surface area contributed by atoms with Gasteiger partial charge in [-0.3, -0.25) is 9.52 Å². The Morgan fingerprint density at radius 1 is 0.906 bits per heavy atom. The maximum absolute atomic E-state index is 12.5. The van der Waals surface area contributed by atoms with E-state index in [0.717, 1.165) is 11.3 Å². The summed E-state index contributed by atoms with van der Waals surface area (Å²) < 4.78 is 38.3. The van der Waals surface area contributed by atoms with Crippen LogP contribution < -0.4 is 19.5 Å². The molecule has 3 aromatic rings. The van der Waals surface area contributed by atoms with E-state index in [1.807, 2.05) is 13.8 Å². The Balaban J connectivity index is 1.54. The molecule has 0 aliphatic rings. The number of nitrogens with one attached hydrogen (secondary N) is 2. The molecule has 3 aromatic carbocycles. The number of sulfonamides is 1. The SMILES string of the molecule is COc1ccc(OC[C@H](C)NC(=O)c2ccc(NS(=O)(=O)c3ccc(C)cc3)cc2)cc1. The van der Waals surface area contributed by atoms with Crippen molar-refractivity contribution in [3.63, 3.8) is 0 Å². The first kappa shape index (κ1) is 23.1. The maximum atomic E-state index is 12.5. The Hall–Kier alpha value is -3.52. The number of carbonyl (C=O) groups excluding carboxylic acids is 1. The summed E-state index contributed by atoms with van der Waals surface area (Å²) in [6.07, 6.45) is 0. The van der Waals surface area contributed by atoms with Gasteiger partial charge in [0.05, 0.1) is 18.0 Å². The molecule has 168 valence electrons. The third-order valence-electron chi connectivity index (χ3n) is 4.67. The van der Waals surface area contributed by atoms with Crippen LogP contribution in [0.4, 0.5) is 5.69 Å². The van der Waals surface area contributed by atoms with Crippen molar-refractivity contribution in [2.45, 2.75) is 24.8 Å². The lowest BCUT2D eigenvalue weighted by Gasteiger charge is -2.15. The van der Waals surface area contributed by atoms with Crippen LogP contribution in [-0.4, -0.2) is 34.1 Å². The van der Waals surface area contributed by atoms with Crippen LogP contribution in [0.15, 0.2) is 77.7 Å². The number of aryl methyl sites for hydroxylation is 1. The fourth-order valence-corrected chi connectivity index (χ4v) is 3.92. The third-order valence-corrected chi connectivity index (χ3v) is 6.06. The van der Waals surface area contributed by atoms with Crippen LogP contribution in [0.3, 0.4) is 0 Å². The van der Waals surface area contributed by atoms with Gasteiger partial charge in [0.15, 0.2) is 0 Å². The Morgan fingerprint density at radius 3 is 2.09 bits per heavy atom. The molecule has 32 heavy (non-hydrogen) atoms. The number of amides is 1. The molecule has 0 aliphatic carbocycles. The van der Waals surface area contributed by atoms with Crippen LogP contribution in [0, 0.1) is 6.92 Å². The Bertz CT molecular complexity index is 1140. The average Bonchev–Trinajstić information content (AvgIpc) is 2.78. The average molecular weight is 455 g/mol. The standard InChI is InChI=1S/C24H26N2O5S/c1-17-4-14-23(15-5-17)32(28,29)26-20-8-6-19(7-9-20)24(27)25-18(2)16-31-22-12-10-21(30-3)11-13-22/h4-15,18,26H,16H2,1-3H3,(H,25,27)/t18-/m0/s1. The minimum Gasteiger partial charge on any atom is -0.497 e. The summed E-state index contributed by atoms with van der Waals surface area (Å²) in [6, 6.07) is 19.8. The topological polar surface area (TPSA) is 93.7 Å². The maximum Gasteiger partial charge on any atom is 0.261 e. The lowest BCUT2D eigenvalue weighted by atomic mass is 10.2. The lowest BCUT2D eigenvalue weighted by molar-refractivity contribution is 0.0926. The van der Waals surface area contributed by atoms with Crippen molar-refractivity contribution in [3.8, 4) is 11.5 Å². The molecular weight excluding hydrogens is 428 g/mol. The van der Waals surface area contributed by atoms with E-state index < -0.39 is 10.0 Å². The predicted molar refractivity (Wildman–Crippen MR) is 124 cm³/mol. The summed E-state index contributed by atoms with van der Waals surface area (Å²) in [7, 11) is -2.10. The summed E-state index contributed by atoms with van der Waals surface area (Å²) in [4.78, 5) is 12.7. The normalized spacial score (nSPS) is 12.0. The predicted octanol–water partition coefficient (Wildman–Crippen LogP) is 4.00.